The van der Waals surface area contributed by atoms with E-state index < -0.39 is 0 Å². The molecule has 9 heteroatoms. The van der Waals surface area contributed by atoms with Gasteiger partial charge in [-0.1, -0.05) is 60.7 Å². The van der Waals surface area contributed by atoms with Gasteiger partial charge in [-0.15, -0.1) is 15.3 Å². The van der Waals surface area contributed by atoms with Crippen LogP contribution < -0.4 is 27.9 Å². The fraction of sp³-hybridized carbons (Fsp3) is 0.125. The van der Waals surface area contributed by atoms with Crippen LogP contribution in [0.25, 0.3) is 0 Å². The summed E-state index contributed by atoms with van der Waals surface area (Å²) in [6.45, 7) is 1.02. The van der Waals surface area contributed by atoms with Crippen molar-refractivity contribution in [2.45, 2.75) is 13.1 Å². The minimum absolute atomic E-state index is 0.0512. The molecule has 0 saturated carbocycles. The third kappa shape index (κ3) is 7.57. The van der Waals surface area contributed by atoms with E-state index in [1.165, 1.54) is 0 Å². The lowest BCUT2D eigenvalue weighted by molar-refractivity contribution is 0.639. The van der Waals surface area contributed by atoms with Crippen LogP contribution in [0.4, 0.5) is 0 Å². The maximum absolute atomic E-state index is 5.65. The van der Waals surface area contributed by atoms with Gasteiger partial charge in [0.2, 0.25) is 5.96 Å². The lowest BCUT2D eigenvalue weighted by atomic mass is 10.2. The van der Waals surface area contributed by atoms with Gasteiger partial charge in [-0.2, -0.15) is 10.6 Å². The fourth-order valence-electron chi connectivity index (χ4n) is 1.79. The van der Waals surface area contributed by atoms with Crippen molar-refractivity contribution in [3.8, 4) is 0 Å². The second kappa shape index (κ2) is 10.3. The quantitative estimate of drug-likeness (QED) is 0.222. The number of benzene rings is 2. The molecule has 0 amide bonds. The number of hydrazone groups is 2. The predicted molar refractivity (Wildman–Crippen MR) is 97.8 cm³/mol. The van der Waals surface area contributed by atoms with Crippen LogP contribution in [0, 0.1) is 0 Å². The third-order valence-corrected chi connectivity index (χ3v) is 2.96. The highest BCUT2D eigenvalue weighted by Crippen LogP contribution is 2.00. The first-order chi connectivity index (χ1) is 12.2. The molecule has 0 saturated heterocycles. The molecule has 0 radical (unpaired) electrons. The normalized spacial score (nSPS) is 12.3. The van der Waals surface area contributed by atoms with E-state index in [0.717, 1.165) is 11.1 Å². The summed E-state index contributed by atoms with van der Waals surface area (Å²) < 4.78 is 0. The van der Waals surface area contributed by atoms with Crippen LogP contribution >= 0.6 is 0 Å². The Hall–Kier alpha value is -3.46. The summed E-state index contributed by atoms with van der Waals surface area (Å²) in [5.41, 5.74) is 21.4. The second-order valence-electron chi connectivity index (χ2n) is 4.92. The summed E-state index contributed by atoms with van der Waals surface area (Å²) in [7, 11) is 0. The van der Waals surface area contributed by atoms with Crippen LogP contribution in [0.15, 0.2) is 81.1 Å². The molecule has 0 bridgehead atoms. The van der Waals surface area contributed by atoms with Gasteiger partial charge in [0.15, 0.2) is 0 Å². The summed E-state index contributed by atoms with van der Waals surface area (Å²) in [5.74, 6) is 0.0541. The Balaban J connectivity index is 1.67. The number of rotatable bonds is 7. The first kappa shape index (κ1) is 17.9. The van der Waals surface area contributed by atoms with Crippen molar-refractivity contribution in [1.82, 2.24) is 16.4 Å². The standard InChI is InChI=1S/C16H21N9/c17-15(21-19-11-13-7-3-1-4-8-13)23-25-24-16(18)22-20-12-14-9-5-2-6-10-14/h1-10,19,25H,11-12H2,(H2,18,24)(H3,17,21,23). The zero-order valence-corrected chi connectivity index (χ0v) is 13.6. The highest BCUT2D eigenvalue weighted by atomic mass is 15.6. The zero-order valence-electron chi connectivity index (χ0n) is 13.6. The third-order valence-electron chi connectivity index (χ3n) is 2.96. The Morgan fingerprint density at radius 1 is 0.840 bits per heavy atom. The van der Waals surface area contributed by atoms with E-state index in [1.807, 2.05) is 60.7 Å². The summed E-state index contributed by atoms with van der Waals surface area (Å²) in [6, 6.07) is 19.5. The van der Waals surface area contributed by atoms with Crippen LogP contribution in [0.2, 0.25) is 0 Å². The van der Waals surface area contributed by atoms with E-state index in [0.29, 0.717) is 13.1 Å². The molecule has 0 aliphatic rings. The van der Waals surface area contributed by atoms with Gasteiger partial charge in [-0.05, 0) is 11.1 Å². The van der Waals surface area contributed by atoms with Crippen molar-refractivity contribution in [2.75, 3.05) is 0 Å². The zero-order chi connectivity index (χ0) is 17.7. The molecular formula is C16H21N9. The minimum Gasteiger partial charge on any atom is -0.367 e. The largest absolute Gasteiger partial charge is 0.367 e. The number of nitrogens with zero attached hydrogens (tertiary/aromatic N) is 4. The Bertz CT molecular complexity index is 711. The van der Waals surface area contributed by atoms with Gasteiger partial charge < -0.3 is 11.5 Å². The lowest BCUT2D eigenvalue weighted by Crippen LogP contribution is -2.42. The molecule has 0 aromatic heterocycles. The summed E-state index contributed by atoms with van der Waals surface area (Å²) >= 11 is 0. The molecule has 0 aliphatic carbocycles. The molecule has 2 aromatic rings. The molecular weight excluding hydrogens is 318 g/mol. The van der Waals surface area contributed by atoms with E-state index in [1.54, 1.807) is 0 Å². The van der Waals surface area contributed by atoms with Crippen LogP contribution in [0.3, 0.4) is 0 Å². The first-order valence-electron chi connectivity index (χ1n) is 7.59. The van der Waals surface area contributed by atoms with E-state index in [-0.39, 0.29) is 11.9 Å². The van der Waals surface area contributed by atoms with Crippen molar-refractivity contribution in [1.29, 1.82) is 0 Å². The van der Waals surface area contributed by atoms with Gasteiger partial charge in [0.1, 0.15) is 0 Å². The summed E-state index contributed by atoms with van der Waals surface area (Å²) in [4.78, 5) is 0. The lowest BCUT2D eigenvalue weighted by Gasteiger charge is -2.06. The highest BCUT2D eigenvalue weighted by Gasteiger charge is 1.93. The maximum atomic E-state index is 5.65. The molecule has 25 heavy (non-hydrogen) atoms. The highest BCUT2D eigenvalue weighted by molar-refractivity contribution is 5.78. The van der Waals surface area contributed by atoms with Crippen molar-refractivity contribution >= 4 is 11.9 Å². The number of hydrogen-bond acceptors (Lipinski definition) is 5. The van der Waals surface area contributed by atoms with Crippen molar-refractivity contribution in [2.24, 2.45) is 31.9 Å². The average Bonchev–Trinajstić information content (AvgIpc) is 2.63. The number of guanidine groups is 2. The first-order valence-corrected chi connectivity index (χ1v) is 7.59. The van der Waals surface area contributed by atoms with Crippen molar-refractivity contribution in [3.05, 3.63) is 71.8 Å². The van der Waals surface area contributed by atoms with E-state index in [9.17, 15) is 0 Å². The predicted octanol–water partition coefficient (Wildman–Crippen LogP) is 0.982. The molecule has 2 aromatic carbocycles. The van der Waals surface area contributed by atoms with Gasteiger partial charge in [0.05, 0.1) is 6.54 Å². The SMILES string of the molecule is NC(N=NCc1ccccc1)=NNN=C(N)NNCc1ccccc1. The molecule has 0 heterocycles. The summed E-state index contributed by atoms with van der Waals surface area (Å²) in [5, 5.41) is 15.2. The molecule has 130 valence electrons. The topological polar surface area (TPSA) is 138 Å². The smallest absolute Gasteiger partial charge is 0.258 e. The van der Waals surface area contributed by atoms with E-state index in [2.05, 4.69) is 36.8 Å². The Kier molecular flexibility index (Phi) is 7.40. The monoisotopic (exact) mass is 339 g/mol. The average molecular weight is 339 g/mol. The molecule has 0 spiro atoms. The number of nitrogens with one attached hydrogen (secondary N) is 3. The van der Waals surface area contributed by atoms with Gasteiger partial charge in [0.25, 0.3) is 5.96 Å². The number of azo groups is 1. The number of hydrazine groups is 1. The van der Waals surface area contributed by atoms with Crippen LogP contribution in [0.5, 0.6) is 0 Å². The Morgan fingerprint density at radius 3 is 2.16 bits per heavy atom. The molecule has 0 fully saturated rings. The Morgan fingerprint density at radius 2 is 1.48 bits per heavy atom. The van der Waals surface area contributed by atoms with Crippen LogP contribution in [-0.4, -0.2) is 11.9 Å². The van der Waals surface area contributed by atoms with Crippen LogP contribution in [0.1, 0.15) is 11.1 Å². The van der Waals surface area contributed by atoms with Crippen molar-refractivity contribution < 1.29 is 0 Å². The maximum Gasteiger partial charge on any atom is 0.258 e. The molecule has 0 atom stereocenters. The molecule has 9 nitrogen and oxygen atoms in total. The number of nitrogens with two attached hydrogens (primary N) is 2. The summed E-state index contributed by atoms with van der Waals surface area (Å²) in [6.07, 6.45) is 0. The van der Waals surface area contributed by atoms with E-state index >= 15 is 0 Å². The van der Waals surface area contributed by atoms with Gasteiger partial charge >= 0.3 is 0 Å². The molecule has 0 aliphatic heterocycles. The fourth-order valence-corrected chi connectivity index (χ4v) is 1.79. The van der Waals surface area contributed by atoms with E-state index in [4.69, 9.17) is 11.5 Å². The van der Waals surface area contributed by atoms with Gasteiger partial charge in [0, 0.05) is 6.54 Å². The van der Waals surface area contributed by atoms with Crippen LogP contribution in [-0.2, 0) is 13.1 Å². The van der Waals surface area contributed by atoms with Gasteiger partial charge in [-0.25, -0.2) is 5.43 Å². The van der Waals surface area contributed by atoms with Crippen molar-refractivity contribution in [3.63, 3.8) is 0 Å². The van der Waals surface area contributed by atoms with Gasteiger partial charge in [-0.3, -0.25) is 5.43 Å². The Labute approximate surface area is 145 Å². The molecule has 0 unspecified atom stereocenters. The molecule has 2 rings (SSSR count). The number of hydrogen-bond donors (Lipinski definition) is 5. The second-order valence-corrected chi connectivity index (χ2v) is 4.92. The minimum atomic E-state index is -0.0512. The molecule has 7 N–H and O–H groups in total.